The molecule has 0 bridgehead atoms. The smallest absolute Gasteiger partial charge is 0.308 e. The number of aliphatic hydroxyl groups is 1. The van der Waals surface area contributed by atoms with Crippen LogP contribution in [-0.2, 0) is 30.4 Å². The number of nitrogens with zero attached hydrogens (tertiary/aromatic N) is 4. The lowest BCUT2D eigenvalue weighted by Crippen LogP contribution is -2.48. The first-order valence-corrected chi connectivity index (χ1v) is 13.0. The zero-order valence-corrected chi connectivity index (χ0v) is 21.8. The normalized spacial score (nSPS) is 18.2. The fourth-order valence-electron chi connectivity index (χ4n) is 3.97. The quantitative estimate of drug-likeness (QED) is 0.326. The van der Waals surface area contributed by atoms with Gasteiger partial charge in [0.05, 0.1) is 50.5 Å². The van der Waals surface area contributed by atoms with Gasteiger partial charge in [-0.05, 0) is 19.3 Å². The van der Waals surface area contributed by atoms with E-state index in [0.717, 1.165) is 25.0 Å². The number of hydrogen-bond donors (Lipinski definition) is 1. The molecule has 3 heterocycles. The van der Waals surface area contributed by atoms with Gasteiger partial charge in [-0.25, -0.2) is 14.4 Å². The monoisotopic (exact) mass is 530 g/mol. The number of rotatable bonds is 12. The molecule has 1 N–H and O–H groups in total. The molecule has 206 valence electrons. The van der Waals surface area contributed by atoms with Gasteiger partial charge in [0.25, 0.3) is 0 Å². The number of aromatic nitrogens is 2. The SMILES string of the molecule is CC(C)C(=O)OCC(CON=C1CN(c2ncc(-c3cccc(CO)c3F)cn2)C1)COC1CCCCO1. The summed E-state index contributed by atoms with van der Waals surface area (Å²) in [6.07, 6.45) is 5.85. The van der Waals surface area contributed by atoms with Gasteiger partial charge in [0, 0.05) is 35.7 Å². The average Bonchev–Trinajstić information content (AvgIpc) is 2.91. The van der Waals surface area contributed by atoms with Crippen LogP contribution >= 0.6 is 0 Å². The van der Waals surface area contributed by atoms with Gasteiger partial charge in [0.15, 0.2) is 6.29 Å². The number of carbonyl (C=O) groups excluding carboxylic acids is 1. The Balaban J connectivity index is 1.26. The molecule has 2 aliphatic heterocycles. The first-order valence-electron chi connectivity index (χ1n) is 13.0. The summed E-state index contributed by atoms with van der Waals surface area (Å²) in [5.41, 5.74) is 1.93. The molecule has 2 atom stereocenters. The Morgan fingerprint density at radius 2 is 2.00 bits per heavy atom. The number of ether oxygens (including phenoxy) is 3. The summed E-state index contributed by atoms with van der Waals surface area (Å²) in [7, 11) is 0. The van der Waals surface area contributed by atoms with Crippen molar-refractivity contribution in [3.63, 3.8) is 0 Å². The Morgan fingerprint density at radius 1 is 1.21 bits per heavy atom. The highest BCUT2D eigenvalue weighted by molar-refractivity contribution is 5.98. The molecule has 2 saturated heterocycles. The van der Waals surface area contributed by atoms with Gasteiger partial charge >= 0.3 is 5.97 Å². The molecule has 10 nitrogen and oxygen atoms in total. The number of benzene rings is 1. The largest absolute Gasteiger partial charge is 0.465 e. The summed E-state index contributed by atoms with van der Waals surface area (Å²) in [5.74, 6) is -0.618. The van der Waals surface area contributed by atoms with Crippen molar-refractivity contribution >= 4 is 17.6 Å². The lowest BCUT2D eigenvalue weighted by molar-refractivity contribution is -0.177. The van der Waals surface area contributed by atoms with Crippen LogP contribution in [0, 0.1) is 17.7 Å². The van der Waals surface area contributed by atoms with Crippen LogP contribution in [0.4, 0.5) is 10.3 Å². The molecular formula is C27H35FN4O6. The minimum absolute atomic E-state index is 0.177. The second-order valence-electron chi connectivity index (χ2n) is 9.80. The van der Waals surface area contributed by atoms with Crippen molar-refractivity contribution < 1.29 is 33.3 Å². The van der Waals surface area contributed by atoms with E-state index in [-0.39, 0.29) is 49.5 Å². The summed E-state index contributed by atoms with van der Waals surface area (Å²) in [5, 5.41) is 13.5. The van der Waals surface area contributed by atoms with Crippen LogP contribution in [0.3, 0.4) is 0 Å². The Morgan fingerprint density at radius 3 is 2.68 bits per heavy atom. The molecule has 2 fully saturated rings. The first kappa shape index (κ1) is 27.9. The number of anilines is 1. The molecule has 1 aromatic heterocycles. The number of esters is 1. The third-order valence-electron chi connectivity index (χ3n) is 6.32. The first-order chi connectivity index (χ1) is 18.4. The summed E-state index contributed by atoms with van der Waals surface area (Å²) >= 11 is 0. The molecule has 2 unspecified atom stereocenters. The molecular weight excluding hydrogens is 495 g/mol. The van der Waals surface area contributed by atoms with Gasteiger partial charge in [-0.2, -0.15) is 0 Å². The molecule has 38 heavy (non-hydrogen) atoms. The predicted octanol–water partition coefficient (Wildman–Crippen LogP) is 3.33. The summed E-state index contributed by atoms with van der Waals surface area (Å²) in [6.45, 7) is 5.68. The van der Waals surface area contributed by atoms with E-state index in [1.54, 1.807) is 38.4 Å². The molecule has 2 aliphatic rings. The van der Waals surface area contributed by atoms with Gasteiger partial charge in [0.2, 0.25) is 5.95 Å². The topological polar surface area (TPSA) is 116 Å². The fourth-order valence-corrected chi connectivity index (χ4v) is 3.97. The van der Waals surface area contributed by atoms with Crippen molar-refractivity contribution in [2.24, 2.45) is 17.0 Å². The van der Waals surface area contributed by atoms with Gasteiger partial charge in [0.1, 0.15) is 12.4 Å². The number of oxime groups is 1. The molecule has 0 spiro atoms. The van der Waals surface area contributed by atoms with E-state index in [4.69, 9.17) is 19.0 Å². The summed E-state index contributed by atoms with van der Waals surface area (Å²) < 4.78 is 31.4. The van der Waals surface area contributed by atoms with Crippen LogP contribution in [0.25, 0.3) is 11.1 Å². The number of aliphatic hydroxyl groups excluding tert-OH is 1. The molecule has 1 aromatic carbocycles. The van der Waals surface area contributed by atoms with Crippen molar-refractivity contribution in [1.82, 2.24) is 9.97 Å². The zero-order chi connectivity index (χ0) is 26.9. The van der Waals surface area contributed by atoms with Gasteiger partial charge in [-0.15, -0.1) is 0 Å². The minimum Gasteiger partial charge on any atom is -0.465 e. The van der Waals surface area contributed by atoms with E-state index in [9.17, 15) is 14.3 Å². The van der Waals surface area contributed by atoms with Crippen LogP contribution in [0.5, 0.6) is 0 Å². The van der Waals surface area contributed by atoms with Crippen LogP contribution in [0.15, 0.2) is 35.7 Å². The highest BCUT2D eigenvalue weighted by atomic mass is 19.1. The van der Waals surface area contributed by atoms with E-state index in [2.05, 4.69) is 15.1 Å². The van der Waals surface area contributed by atoms with E-state index >= 15 is 0 Å². The minimum atomic E-state index is -0.476. The Hall–Kier alpha value is -3.15. The Bertz CT molecular complexity index is 1080. The maximum atomic E-state index is 14.5. The molecule has 0 amide bonds. The van der Waals surface area contributed by atoms with Crippen molar-refractivity contribution in [1.29, 1.82) is 0 Å². The number of halogens is 1. The molecule has 2 aromatic rings. The fraction of sp³-hybridized carbons (Fsp3) is 0.556. The molecule has 4 rings (SSSR count). The van der Waals surface area contributed by atoms with Crippen molar-refractivity contribution in [2.75, 3.05) is 44.4 Å². The molecule has 11 heteroatoms. The van der Waals surface area contributed by atoms with Gasteiger partial charge in [-0.1, -0.05) is 37.2 Å². The lowest BCUT2D eigenvalue weighted by atomic mass is 10.1. The van der Waals surface area contributed by atoms with Crippen LogP contribution in [0.2, 0.25) is 0 Å². The van der Waals surface area contributed by atoms with Crippen molar-refractivity contribution in [3.05, 3.63) is 42.0 Å². The van der Waals surface area contributed by atoms with Gasteiger partial charge in [-0.3, -0.25) is 4.79 Å². The van der Waals surface area contributed by atoms with Crippen molar-refractivity contribution in [2.45, 2.75) is 46.0 Å². The average molecular weight is 531 g/mol. The Labute approximate surface area is 221 Å². The maximum absolute atomic E-state index is 14.5. The summed E-state index contributed by atoms with van der Waals surface area (Å²) in [4.78, 5) is 28.1. The third kappa shape index (κ3) is 7.46. The van der Waals surface area contributed by atoms with E-state index in [0.29, 0.717) is 43.4 Å². The van der Waals surface area contributed by atoms with Crippen LogP contribution in [0.1, 0.15) is 38.7 Å². The van der Waals surface area contributed by atoms with Crippen LogP contribution in [-0.4, -0.2) is 72.6 Å². The van der Waals surface area contributed by atoms with Crippen LogP contribution < -0.4 is 4.90 Å². The zero-order valence-electron chi connectivity index (χ0n) is 21.8. The summed E-state index contributed by atoms with van der Waals surface area (Å²) in [6, 6.07) is 4.85. The molecule has 0 radical (unpaired) electrons. The van der Waals surface area contributed by atoms with Gasteiger partial charge < -0.3 is 29.1 Å². The molecule has 0 saturated carbocycles. The second kappa shape index (κ2) is 13.6. The van der Waals surface area contributed by atoms with E-state index in [1.165, 1.54) is 6.07 Å². The number of hydrogen-bond acceptors (Lipinski definition) is 10. The number of carbonyl (C=O) groups is 1. The van der Waals surface area contributed by atoms with E-state index < -0.39 is 5.82 Å². The lowest BCUT2D eigenvalue weighted by Gasteiger charge is -2.32. The highest BCUT2D eigenvalue weighted by Crippen LogP contribution is 2.25. The predicted molar refractivity (Wildman–Crippen MR) is 138 cm³/mol. The standard InChI is InChI=1S/C27H35FN4O6/c1-18(2)26(34)37-16-19(15-36-24-8-3-4-9-35-24)17-38-31-22-12-32(13-22)27-29-10-21(11-30-27)23-7-5-6-20(14-33)25(23)28/h5-7,10-11,18-19,24,33H,3-4,8-9,12-17H2,1-2H3. The highest BCUT2D eigenvalue weighted by Gasteiger charge is 2.26. The van der Waals surface area contributed by atoms with E-state index in [1.807, 2.05) is 4.90 Å². The van der Waals surface area contributed by atoms with Crippen molar-refractivity contribution in [3.8, 4) is 11.1 Å². The third-order valence-corrected chi connectivity index (χ3v) is 6.32. The Kier molecular flexibility index (Phi) is 9.97. The second-order valence-corrected chi connectivity index (χ2v) is 9.80. The maximum Gasteiger partial charge on any atom is 0.308 e. The molecule has 0 aliphatic carbocycles.